The van der Waals surface area contributed by atoms with Crippen molar-refractivity contribution in [2.45, 2.75) is 26.2 Å². The lowest BCUT2D eigenvalue weighted by molar-refractivity contribution is 0.0973. The third kappa shape index (κ3) is 2.09. The van der Waals surface area contributed by atoms with Crippen LogP contribution in [0.2, 0.25) is 0 Å². The fourth-order valence-electron chi connectivity index (χ4n) is 2.91. The Bertz CT molecular complexity index is 848. The van der Waals surface area contributed by atoms with Crippen LogP contribution in [0.5, 0.6) is 0 Å². The third-order valence-electron chi connectivity index (χ3n) is 3.91. The number of ketones is 1. The number of carbonyl (C=O) groups excluding carboxylic acids is 1. The molecular weight excluding hydrogens is 294 g/mol. The van der Waals surface area contributed by atoms with Crippen molar-refractivity contribution in [1.82, 2.24) is 14.8 Å². The maximum absolute atomic E-state index is 12.5. The van der Waals surface area contributed by atoms with Crippen LogP contribution in [0, 0.1) is 6.92 Å². The summed E-state index contributed by atoms with van der Waals surface area (Å²) in [7, 11) is 0. The number of aromatic nitrogens is 3. The molecule has 1 aliphatic rings. The lowest BCUT2D eigenvalue weighted by atomic mass is 9.92. The Balaban J connectivity index is 1.96. The van der Waals surface area contributed by atoms with Gasteiger partial charge in [0.15, 0.2) is 5.78 Å². The molecule has 3 aromatic rings. The predicted molar refractivity (Wildman–Crippen MR) is 86.7 cm³/mol. The van der Waals surface area contributed by atoms with Crippen molar-refractivity contribution in [2.24, 2.45) is 0 Å². The largest absolute Gasteiger partial charge is 0.294 e. The number of rotatable bonds is 2. The average molecular weight is 309 g/mol. The van der Waals surface area contributed by atoms with E-state index in [2.05, 4.69) is 4.98 Å². The molecule has 2 heterocycles. The molecule has 0 unspecified atom stereocenters. The normalized spacial score (nSPS) is 14.1. The monoisotopic (exact) mass is 309 g/mol. The molecular formula is C17H15N3OS. The number of thiazole rings is 1. The molecule has 4 nitrogen and oxygen atoms in total. The van der Waals surface area contributed by atoms with E-state index in [1.54, 1.807) is 11.3 Å². The second kappa shape index (κ2) is 5.18. The fraction of sp³-hybridized carbons (Fsp3) is 0.235. The van der Waals surface area contributed by atoms with E-state index in [0.717, 1.165) is 46.2 Å². The van der Waals surface area contributed by atoms with E-state index in [1.807, 2.05) is 47.3 Å². The molecule has 1 aromatic carbocycles. The van der Waals surface area contributed by atoms with Gasteiger partial charge in [-0.3, -0.25) is 4.79 Å². The molecule has 4 rings (SSSR count). The molecule has 110 valence electrons. The summed E-state index contributed by atoms with van der Waals surface area (Å²) in [6, 6.07) is 9.92. The first-order chi connectivity index (χ1) is 10.7. The maximum atomic E-state index is 12.5. The first-order valence-corrected chi connectivity index (χ1v) is 8.25. The zero-order chi connectivity index (χ0) is 15.1. The molecule has 0 saturated carbocycles. The number of Topliss-reactive ketones (excluding diaryl/α,β-unsaturated/α-hetero) is 1. The molecule has 0 N–H and O–H groups in total. The lowest BCUT2D eigenvalue weighted by Gasteiger charge is -2.12. The standard InChI is InChI=1S/C17H15N3OS/c1-11-10-22-17(18-11)20-13-8-5-9-14(21)15(13)16(19-20)12-6-3-2-4-7-12/h2-4,6-7,10H,5,8-9H2,1H3. The Morgan fingerprint density at radius 1 is 1.18 bits per heavy atom. The van der Waals surface area contributed by atoms with Gasteiger partial charge in [0.1, 0.15) is 5.69 Å². The van der Waals surface area contributed by atoms with Crippen LogP contribution in [0.4, 0.5) is 0 Å². The van der Waals surface area contributed by atoms with Crippen LogP contribution in [0.15, 0.2) is 35.7 Å². The van der Waals surface area contributed by atoms with Crippen molar-refractivity contribution >= 4 is 17.1 Å². The Morgan fingerprint density at radius 3 is 2.73 bits per heavy atom. The highest BCUT2D eigenvalue weighted by Crippen LogP contribution is 2.33. The van der Waals surface area contributed by atoms with Gasteiger partial charge in [-0.15, -0.1) is 11.3 Å². The van der Waals surface area contributed by atoms with E-state index in [-0.39, 0.29) is 5.78 Å². The second-order valence-electron chi connectivity index (χ2n) is 5.50. The number of benzene rings is 1. The first kappa shape index (κ1) is 13.4. The van der Waals surface area contributed by atoms with E-state index in [4.69, 9.17) is 5.10 Å². The van der Waals surface area contributed by atoms with Crippen molar-refractivity contribution in [2.75, 3.05) is 0 Å². The van der Waals surface area contributed by atoms with E-state index < -0.39 is 0 Å². The van der Waals surface area contributed by atoms with Gasteiger partial charge in [0.25, 0.3) is 0 Å². The Hall–Kier alpha value is -2.27. The van der Waals surface area contributed by atoms with E-state index in [0.29, 0.717) is 6.42 Å². The van der Waals surface area contributed by atoms with Crippen LogP contribution in [0.1, 0.15) is 34.6 Å². The van der Waals surface area contributed by atoms with Gasteiger partial charge in [0.05, 0.1) is 17.0 Å². The van der Waals surface area contributed by atoms with Crippen molar-refractivity contribution < 1.29 is 4.79 Å². The highest BCUT2D eigenvalue weighted by molar-refractivity contribution is 7.12. The van der Waals surface area contributed by atoms with Gasteiger partial charge in [-0.25, -0.2) is 9.67 Å². The van der Waals surface area contributed by atoms with Crippen LogP contribution in [-0.2, 0) is 6.42 Å². The van der Waals surface area contributed by atoms with Gasteiger partial charge in [-0.1, -0.05) is 30.3 Å². The minimum Gasteiger partial charge on any atom is -0.294 e. The summed E-state index contributed by atoms with van der Waals surface area (Å²) < 4.78 is 1.87. The van der Waals surface area contributed by atoms with Crippen LogP contribution in [0.25, 0.3) is 16.4 Å². The van der Waals surface area contributed by atoms with E-state index >= 15 is 0 Å². The molecule has 0 saturated heterocycles. The average Bonchev–Trinajstić information content (AvgIpc) is 3.13. The molecule has 0 aliphatic heterocycles. The summed E-state index contributed by atoms with van der Waals surface area (Å²) >= 11 is 1.56. The highest BCUT2D eigenvalue weighted by atomic mass is 32.1. The SMILES string of the molecule is Cc1csc(-n2nc(-c3ccccc3)c3c2CCCC3=O)n1. The number of nitrogens with zero attached hydrogens (tertiary/aromatic N) is 3. The number of hydrogen-bond acceptors (Lipinski definition) is 4. The Kier molecular flexibility index (Phi) is 3.15. The predicted octanol–water partition coefficient (Wildman–Crippen LogP) is 3.82. The van der Waals surface area contributed by atoms with E-state index in [1.165, 1.54) is 0 Å². The summed E-state index contributed by atoms with van der Waals surface area (Å²) in [5.74, 6) is 0.194. The molecule has 1 aliphatic carbocycles. The van der Waals surface area contributed by atoms with Crippen LogP contribution < -0.4 is 0 Å². The highest BCUT2D eigenvalue weighted by Gasteiger charge is 2.28. The topological polar surface area (TPSA) is 47.8 Å². The summed E-state index contributed by atoms with van der Waals surface area (Å²) in [4.78, 5) is 17.0. The molecule has 2 aromatic heterocycles. The number of aryl methyl sites for hydroxylation is 1. The lowest BCUT2D eigenvalue weighted by Crippen LogP contribution is -2.13. The maximum Gasteiger partial charge on any atom is 0.210 e. The minimum atomic E-state index is 0.194. The van der Waals surface area contributed by atoms with Gasteiger partial charge in [-0.05, 0) is 19.8 Å². The van der Waals surface area contributed by atoms with E-state index in [9.17, 15) is 4.79 Å². The molecule has 0 spiro atoms. The van der Waals surface area contributed by atoms with Gasteiger partial charge < -0.3 is 0 Å². The molecule has 0 fully saturated rings. The van der Waals surface area contributed by atoms with Crippen molar-refractivity contribution in [3.05, 3.63) is 52.7 Å². The number of carbonyl (C=O) groups is 1. The molecule has 22 heavy (non-hydrogen) atoms. The zero-order valence-corrected chi connectivity index (χ0v) is 13.1. The molecule has 5 heteroatoms. The fourth-order valence-corrected chi connectivity index (χ4v) is 3.69. The summed E-state index contributed by atoms with van der Waals surface area (Å²) in [5, 5.41) is 7.59. The van der Waals surface area contributed by atoms with Gasteiger partial charge in [-0.2, -0.15) is 5.10 Å². The molecule has 0 amide bonds. The van der Waals surface area contributed by atoms with Gasteiger partial charge in [0.2, 0.25) is 5.13 Å². The zero-order valence-electron chi connectivity index (χ0n) is 12.2. The molecule has 0 radical (unpaired) electrons. The van der Waals surface area contributed by atoms with Crippen molar-refractivity contribution in [3.8, 4) is 16.4 Å². The minimum absolute atomic E-state index is 0.194. The first-order valence-electron chi connectivity index (χ1n) is 7.37. The summed E-state index contributed by atoms with van der Waals surface area (Å²) in [5.41, 5.74) is 4.54. The summed E-state index contributed by atoms with van der Waals surface area (Å²) in [6.07, 6.45) is 2.37. The van der Waals surface area contributed by atoms with Crippen molar-refractivity contribution in [1.29, 1.82) is 0 Å². The van der Waals surface area contributed by atoms with Crippen LogP contribution in [0.3, 0.4) is 0 Å². The van der Waals surface area contributed by atoms with Gasteiger partial charge >= 0.3 is 0 Å². The summed E-state index contributed by atoms with van der Waals surface area (Å²) in [6.45, 7) is 1.97. The number of fused-ring (bicyclic) bond motifs is 1. The van der Waals surface area contributed by atoms with Crippen LogP contribution >= 0.6 is 11.3 Å². The second-order valence-corrected chi connectivity index (χ2v) is 6.33. The Labute approximate surface area is 132 Å². The smallest absolute Gasteiger partial charge is 0.210 e. The molecule has 0 atom stereocenters. The number of hydrogen-bond donors (Lipinski definition) is 0. The van der Waals surface area contributed by atoms with Crippen molar-refractivity contribution in [3.63, 3.8) is 0 Å². The van der Waals surface area contributed by atoms with Crippen LogP contribution in [-0.4, -0.2) is 20.5 Å². The molecule has 0 bridgehead atoms. The van der Waals surface area contributed by atoms with Gasteiger partial charge in [0, 0.05) is 17.4 Å². The Morgan fingerprint density at radius 2 is 2.00 bits per heavy atom. The quantitative estimate of drug-likeness (QED) is 0.723. The third-order valence-corrected chi connectivity index (χ3v) is 4.85.